The molecular formula is C42H29NO. The van der Waals surface area contributed by atoms with E-state index in [1.54, 1.807) is 0 Å². The average Bonchev–Trinajstić information content (AvgIpc) is 3.45. The van der Waals surface area contributed by atoms with Gasteiger partial charge in [0.2, 0.25) is 0 Å². The van der Waals surface area contributed by atoms with Crippen LogP contribution in [-0.4, -0.2) is 0 Å². The van der Waals surface area contributed by atoms with Gasteiger partial charge in [-0.05, 0) is 81.1 Å². The Balaban J connectivity index is 1.35. The van der Waals surface area contributed by atoms with Crippen LogP contribution in [0.3, 0.4) is 0 Å². The third-order valence-electron chi connectivity index (χ3n) is 9.24. The SMILES string of the molecule is C=C1c2ccccc2N(c2c3c(c(-c4ccc5ccccc5c4)c4ccccc24)C=CCC3)/C=C\c2oc3ccccc3c21. The van der Waals surface area contributed by atoms with Crippen molar-refractivity contribution in [3.63, 3.8) is 0 Å². The Kier molecular flexibility index (Phi) is 5.51. The number of rotatable bonds is 2. The molecule has 2 heteroatoms. The van der Waals surface area contributed by atoms with Crippen LogP contribution in [0.5, 0.6) is 0 Å². The van der Waals surface area contributed by atoms with Gasteiger partial charge in [0.25, 0.3) is 0 Å². The van der Waals surface area contributed by atoms with Crippen LogP contribution in [0.1, 0.15) is 34.4 Å². The van der Waals surface area contributed by atoms with Gasteiger partial charge in [-0.25, -0.2) is 0 Å². The van der Waals surface area contributed by atoms with Crippen LogP contribution in [0.15, 0.2) is 139 Å². The van der Waals surface area contributed by atoms with E-state index in [9.17, 15) is 0 Å². The molecule has 0 radical (unpaired) electrons. The van der Waals surface area contributed by atoms with Gasteiger partial charge in [0.05, 0.1) is 11.4 Å². The van der Waals surface area contributed by atoms with Crippen molar-refractivity contribution in [2.75, 3.05) is 4.90 Å². The predicted molar refractivity (Wildman–Crippen MR) is 186 cm³/mol. The molecule has 2 heterocycles. The number of hydrogen-bond donors (Lipinski definition) is 0. The number of allylic oxidation sites excluding steroid dienone is 1. The van der Waals surface area contributed by atoms with E-state index >= 15 is 0 Å². The second-order valence-corrected chi connectivity index (χ2v) is 11.7. The molecule has 2 nitrogen and oxygen atoms in total. The first-order chi connectivity index (χ1) is 21.8. The first kappa shape index (κ1) is 24.9. The fourth-order valence-corrected chi connectivity index (χ4v) is 7.27. The zero-order valence-electron chi connectivity index (χ0n) is 24.3. The van der Waals surface area contributed by atoms with E-state index in [-0.39, 0.29) is 0 Å². The van der Waals surface area contributed by atoms with Crippen molar-refractivity contribution in [3.05, 3.63) is 162 Å². The van der Waals surface area contributed by atoms with Gasteiger partial charge in [0.15, 0.2) is 0 Å². The average molecular weight is 564 g/mol. The highest BCUT2D eigenvalue weighted by Gasteiger charge is 2.28. The number of benzene rings is 6. The standard InChI is InChI=1S/C42H29NO/c1-27-31-14-8-10-20-37(31)43(25-24-39-40(27)36-19-9-11-21-38(36)44-39)42-34-17-6-4-15-32(34)41(33-16-5-7-18-35(33)42)30-23-22-28-12-2-3-13-29(28)26-30/h2-6,8-17,19-26H,1,7,18H2/b25-24-. The van der Waals surface area contributed by atoms with Crippen LogP contribution in [0.25, 0.3) is 61.4 Å². The fourth-order valence-electron chi connectivity index (χ4n) is 7.27. The Bertz CT molecular complexity index is 2370. The molecule has 208 valence electrons. The summed E-state index contributed by atoms with van der Waals surface area (Å²) in [5, 5.41) is 6.09. The second kappa shape index (κ2) is 9.72. The van der Waals surface area contributed by atoms with Gasteiger partial charge in [-0.2, -0.15) is 0 Å². The molecule has 1 aliphatic carbocycles. The molecule has 0 atom stereocenters. The molecule has 0 fully saturated rings. The minimum Gasteiger partial charge on any atom is -0.456 e. The summed E-state index contributed by atoms with van der Waals surface area (Å²) in [6, 6.07) is 41.3. The molecule has 6 aromatic carbocycles. The second-order valence-electron chi connectivity index (χ2n) is 11.7. The molecule has 0 amide bonds. The van der Waals surface area contributed by atoms with Gasteiger partial charge in [0, 0.05) is 28.1 Å². The summed E-state index contributed by atoms with van der Waals surface area (Å²) in [4.78, 5) is 2.38. The molecule has 7 aromatic rings. The number of fused-ring (bicyclic) bond motifs is 7. The first-order valence-corrected chi connectivity index (χ1v) is 15.3. The largest absolute Gasteiger partial charge is 0.456 e. The molecule has 1 aromatic heterocycles. The molecule has 1 aliphatic heterocycles. The Morgan fingerprint density at radius 1 is 0.659 bits per heavy atom. The van der Waals surface area contributed by atoms with Gasteiger partial charge < -0.3 is 9.32 Å². The monoisotopic (exact) mass is 563 g/mol. The topological polar surface area (TPSA) is 16.4 Å². The summed E-state index contributed by atoms with van der Waals surface area (Å²) >= 11 is 0. The van der Waals surface area contributed by atoms with Gasteiger partial charge in [-0.15, -0.1) is 0 Å². The van der Waals surface area contributed by atoms with Crippen molar-refractivity contribution in [2.45, 2.75) is 12.8 Å². The summed E-state index contributed by atoms with van der Waals surface area (Å²) in [7, 11) is 0. The summed E-state index contributed by atoms with van der Waals surface area (Å²) in [6.45, 7) is 4.65. The highest BCUT2D eigenvalue weighted by Crippen LogP contribution is 2.49. The molecule has 0 saturated carbocycles. The minimum absolute atomic E-state index is 0.835. The number of para-hydroxylation sites is 2. The third-order valence-corrected chi connectivity index (χ3v) is 9.24. The Labute approximate surface area is 256 Å². The van der Waals surface area contributed by atoms with Crippen molar-refractivity contribution in [1.82, 2.24) is 0 Å². The first-order valence-electron chi connectivity index (χ1n) is 15.3. The Morgan fingerprint density at radius 2 is 1.41 bits per heavy atom. The van der Waals surface area contributed by atoms with Crippen molar-refractivity contribution >= 4 is 61.6 Å². The molecule has 0 spiro atoms. The van der Waals surface area contributed by atoms with Gasteiger partial charge in [0.1, 0.15) is 11.3 Å². The maximum Gasteiger partial charge on any atom is 0.137 e. The van der Waals surface area contributed by atoms with E-state index in [1.165, 1.54) is 49.5 Å². The van der Waals surface area contributed by atoms with E-state index < -0.39 is 0 Å². The molecule has 0 N–H and O–H groups in total. The van der Waals surface area contributed by atoms with Crippen LogP contribution in [0.2, 0.25) is 0 Å². The predicted octanol–water partition coefficient (Wildman–Crippen LogP) is 11.5. The number of hydrogen-bond acceptors (Lipinski definition) is 2. The van der Waals surface area contributed by atoms with Crippen LogP contribution >= 0.6 is 0 Å². The van der Waals surface area contributed by atoms with E-state index in [0.29, 0.717) is 0 Å². The number of nitrogens with zero attached hydrogens (tertiary/aromatic N) is 1. The maximum atomic E-state index is 6.42. The zero-order valence-corrected chi connectivity index (χ0v) is 24.3. The molecule has 0 bridgehead atoms. The fraction of sp³-hybridized carbons (Fsp3) is 0.0476. The normalized spacial score (nSPS) is 14.7. The highest BCUT2D eigenvalue weighted by molar-refractivity contribution is 6.12. The van der Waals surface area contributed by atoms with Crippen molar-refractivity contribution in [2.24, 2.45) is 0 Å². The number of furan rings is 1. The zero-order chi connectivity index (χ0) is 29.2. The molecule has 0 saturated heterocycles. The van der Waals surface area contributed by atoms with Crippen LogP contribution < -0.4 is 4.90 Å². The van der Waals surface area contributed by atoms with Crippen LogP contribution in [0, 0.1) is 0 Å². The summed E-state index contributed by atoms with van der Waals surface area (Å²) in [5.41, 5.74) is 11.6. The lowest BCUT2D eigenvalue weighted by Crippen LogP contribution is -2.16. The van der Waals surface area contributed by atoms with Gasteiger partial charge in [-0.1, -0.05) is 116 Å². The lowest BCUT2D eigenvalue weighted by Gasteiger charge is -2.32. The molecule has 0 unspecified atom stereocenters. The summed E-state index contributed by atoms with van der Waals surface area (Å²) < 4.78 is 6.42. The Hall–Kier alpha value is -5.60. The quantitative estimate of drug-likeness (QED) is 0.208. The van der Waals surface area contributed by atoms with Crippen LogP contribution in [0.4, 0.5) is 11.4 Å². The molecule has 2 aliphatic rings. The smallest absolute Gasteiger partial charge is 0.137 e. The van der Waals surface area contributed by atoms with E-state index in [0.717, 1.165) is 52.0 Å². The minimum atomic E-state index is 0.835. The lowest BCUT2D eigenvalue weighted by atomic mass is 9.83. The van der Waals surface area contributed by atoms with Gasteiger partial charge >= 0.3 is 0 Å². The highest BCUT2D eigenvalue weighted by atomic mass is 16.3. The Morgan fingerprint density at radius 3 is 2.32 bits per heavy atom. The van der Waals surface area contributed by atoms with Crippen molar-refractivity contribution in [1.29, 1.82) is 0 Å². The van der Waals surface area contributed by atoms with Crippen molar-refractivity contribution < 1.29 is 4.42 Å². The lowest BCUT2D eigenvalue weighted by molar-refractivity contribution is 0.603. The van der Waals surface area contributed by atoms with Crippen LogP contribution in [-0.2, 0) is 6.42 Å². The number of anilines is 2. The van der Waals surface area contributed by atoms with E-state index in [4.69, 9.17) is 4.42 Å². The summed E-state index contributed by atoms with van der Waals surface area (Å²) in [5.74, 6) is 0.835. The molecular weight excluding hydrogens is 534 g/mol. The summed E-state index contributed by atoms with van der Waals surface area (Å²) in [6.07, 6.45) is 11.0. The molecule has 44 heavy (non-hydrogen) atoms. The maximum absolute atomic E-state index is 6.42. The third kappa shape index (κ3) is 3.68. The van der Waals surface area contributed by atoms with Crippen molar-refractivity contribution in [3.8, 4) is 11.1 Å². The van der Waals surface area contributed by atoms with E-state index in [1.807, 2.05) is 12.1 Å². The molecule has 9 rings (SSSR count). The van der Waals surface area contributed by atoms with Gasteiger partial charge in [-0.3, -0.25) is 0 Å². The van der Waals surface area contributed by atoms with E-state index in [2.05, 4.69) is 139 Å².